The maximum absolute atomic E-state index is 12.9. The fourth-order valence-corrected chi connectivity index (χ4v) is 6.29. The van der Waals surface area contributed by atoms with Gasteiger partial charge in [-0.05, 0) is 68.4 Å². The predicted octanol–water partition coefficient (Wildman–Crippen LogP) is 4.72. The van der Waals surface area contributed by atoms with Gasteiger partial charge in [0.05, 0.1) is 12.4 Å². The number of carbonyl (C=O) groups is 2. The average molecular weight is 370 g/mol. The third kappa shape index (κ3) is 2.88. The van der Waals surface area contributed by atoms with E-state index in [1.165, 1.54) is 12.5 Å². The lowest BCUT2D eigenvalue weighted by Crippen LogP contribution is -2.48. The SMILES string of the molecule is CCOC1=CC2=CC[C@@H]3[C@H](CC[C@]4(CC)C(=O)C=C(OC(C)=O)[C@@H]34)[C@H]2CC1. The van der Waals surface area contributed by atoms with Crippen LogP contribution in [0.5, 0.6) is 0 Å². The van der Waals surface area contributed by atoms with Gasteiger partial charge in [0.15, 0.2) is 5.78 Å². The normalized spacial score (nSPS) is 37.3. The van der Waals surface area contributed by atoms with Crippen molar-refractivity contribution < 1.29 is 19.1 Å². The quantitative estimate of drug-likeness (QED) is 0.672. The molecule has 0 heterocycles. The van der Waals surface area contributed by atoms with Crippen LogP contribution in [0.1, 0.15) is 59.3 Å². The van der Waals surface area contributed by atoms with Crippen LogP contribution in [0, 0.1) is 29.1 Å². The number of esters is 1. The van der Waals surface area contributed by atoms with E-state index in [2.05, 4.69) is 19.1 Å². The van der Waals surface area contributed by atoms with Crippen molar-refractivity contribution in [3.8, 4) is 0 Å². The molecule has 0 aromatic carbocycles. The number of ketones is 1. The lowest BCUT2D eigenvalue weighted by atomic mass is 9.52. The highest BCUT2D eigenvalue weighted by Gasteiger charge is 2.59. The molecule has 1 saturated carbocycles. The summed E-state index contributed by atoms with van der Waals surface area (Å²) >= 11 is 0. The van der Waals surface area contributed by atoms with Crippen molar-refractivity contribution in [3.05, 3.63) is 35.3 Å². The molecule has 4 aliphatic rings. The van der Waals surface area contributed by atoms with Crippen LogP contribution in [0.25, 0.3) is 0 Å². The van der Waals surface area contributed by atoms with Crippen LogP contribution in [0.3, 0.4) is 0 Å². The van der Waals surface area contributed by atoms with Crippen molar-refractivity contribution in [2.24, 2.45) is 29.1 Å². The largest absolute Gasteiger partial charge is 0.498 e. The lowest BCUT2D eigenvalue weighted by Gasteiger charge is -2.52. The maximum Gasteiger partial charge on any atom is 0.307 e. The molecule has 0 saturated heterocycles. The van der Waals surface area contributed by atoms with E-state index in [0.717, 1.165) is 50.9 Å². The van der Waals surface area contributed by atoms with Crippen molar-refractivity contribution >= 4 is 11.8 Å². The monoisotopic (exact) mass is 370 g/mol. The Morgan fingerprint density at radius 3 is 2.74 bits per heavy atom. The van der Waals surface area contributed by atoms with E-state index in [4.69, 9.17) is 9.47 Å². The third-order valence-corrected chi connectivity index (χ3v) is 7.39. The minimum Gasteiger partial charge on any atom is -0.498 e. The average Bonchev–Trinajstić information content (AvgIpc) is 2.93. The summed E-state index contributed by atoms with van der Waals surface area (Å²) in [7, 11) is 0. The zero-order valence-electron chi connectivity index (χ0n) is 16.6. The molecule has 4 nitrogen and oxygen atoms in total. The summed E-state index contributed by atoms with van der Waals surface area (Å²) in [5, 5.41) is 0. The van der Waals surface area contributed by atoms with Crippen LogP contribution < -0.4 is 0 Å². The van der Waals surface area contributed by atoms with Gasteiger partial charge in [-0.15, -0.1) is 0 Å². The molecular formula is C23H30O4. The van der Waals surface area contributed by atoms with Gasteiger partial charge in [0, 0.05) is 30.8 Å². The van der Waals surface area contributed by atoms with Crippen molar-refractivity contribution in [2.75, 3.05) is 6.61 Å². The van der Waals surface area contributed by atoms with Gasteiger partial charge in [-0.3, -0.25) is 9.59 Å². The van der Waals surface area contributed by atoms with Gasteiger partial charge >= 0.3 is 5.97 Å². The Balaban J connectivity index is 1.67. The van der Waals surface area contributed by atoms with Crippen LogP contribution in [-0.4, -0.2) is 18.4 Å². The Hall–Kier alpha value is -1.84. The molecule has 4 heteroatoms. The molecule has 5 atom stereocenters. The molecule has 0 radical (unpaired) electrons. The Labute approximate surface area is 161 Å². The second-order valence-electron chi connectivity index (χ2n) is 8.49. The van der Waals surface area contributed by atoms with E-state index in [0.29, 0.717) is 23.5 Å². The highest BCUT2D eigenvalue weighted by atomic mass is 16.5. The van der Waals surface area contributed by atoms with E-state index < -0.39 is 0 Å². The minimum absolute atomic E-state index is 0.0488. The fraction of sp³-hybridized carbons (Fsp3) is 0.652. The summed E-state index contributed by atoms with van der Waals surface area (Å²) < 4.78 is 11.3. The molecule has 0 spiro atoms. The molecule has 27 heavy (non-hydrogen) atoms. The molecule has 1 fully saturated rings. The molecule has 0 N–H and O–H groups in total. The van der Waals surface area contributed by atoms with Gasteiger partial charge in [-0.2, -0.15) is 0 Å². The number of allylic oxidation sites excluding steroid dienone is 6. The molecular weight excluding hydrogens is 340 g/mol. The van der Waals surface area contributed by atoms with Gasteiger partial charge in [-0.25, -0.2) is 0 Å². The summed E-state index contributed by atoms with van der Waals surface area (Å²) in [6.07, 6.45) is 12.1. The number of carbonyl (C=O) groups excluding carboxylic acids is 2. The van der Waals surface area contributed by atoms with Gasteiger partial charge in [0.1, 0.15) is 5.76 Å². The van der Waals surface area contributed by atoms with Gasteiger partial charge in [0.2, 0.25) is 0 Å². The topological polar surface area (TPSA) is 52.6 Å². The maximum atomic E-state index is 12.9. The molecule has 146 valence electrons. The van der Waals surface area contributed by atoms with E-state index in [9.17, 15) is 9.59 Å². The summed E-state index contributed by atoms with van der Waals surface area (Å²) in [5.74, 6) is 3.10. The van der Waals surface area contributed by atoms with Gasteiger partial charge in [0.25, 0.3) is 0 Å². The standard InChI is InChI=1S/C23H30O4/c1-4-23-11-10-18-17-9-7-16(26-5-2)12-15(17)6-8-19(18)22(23)20(13-21(23)25)27-14(3)24/h6,12-13,17-19,22H,4-5,7-11H2,1-3H3/t17-,18+,19+,22+,23+/m0/s1. The summed E-state index contributed by atoms with van der Waals surface area (Å²) in [6, 6.07) is 0. The van der Waals surface area contributed by atoms with Gasteiger partial charge in [-0.1, -0.05) is 13.0 Å². The molecule has 4 aliphatic carbocycles. The number of hydrogen-bond acceptors (Lipinski definition) is 4. The Morgan fingerprint density at radius 1 is 1.22 bits per heavy atom. The minimum atomic E-state index is -0.363. The summed E-state index contributed by atoms with van der Waals surface area (Å²) in [5.41, 5.74) is 1.05. The van der Waals surface area contributed by atoms with Crippen LogP contribution in [0.2, 0.25) is 0 Å². The molecule has 0 unspecified atom stereocenters. The van der Waals surface area contributed by atoms with Crippen LogP contribution in [0.4, 0.5) is 0 Å². The Kier molecular flexibility index (Phi) is 4.77. The van der Waals surface area contributed by atoms with Crippen molar-refractivity contribution in [1.82, 2.24) is 0 Å². The highest BCUT2D eigenvalue weighted by Crippen LogP contribution is 2.61. The Bertz CT molecular complexity index is 743. The van der Waals surface area contributed by atoms with E-state index in [1.54, 1.807) is 6.08 Å². The van der Waals surface area contributed by atoms with Crippen LogP contribution in [0.15, 0.2) is 35.3 Å². The predicted molar refractivity (Wildman–Crippen MR) is 102 cm³/mol. The van der Waals surface area contributed by atoms with Crippen molar-refractivity contribution in [3.63, 3.8) is 0 Å². The Morgan fingerprint density at radius 2 is 2.04 bits per heavy atom. The molecule has 0 aliphatic heterocycles. The zero-order chi connectivity index (χ0) is 19.2. The first-order valence-electron chi connectivity index (χ1n) is 10.5. The summed E-state index contributed by atoms with van der Waals surface area (Å²) in [4.78, 5) is 24.6. The van der Waals surface area contributed by atoms with Crippen molar-refractivity contribution in [1.29, 1.82) is 0 Å². The molecule has 0 aromatic heterocycles. The first-order valence-corrected chi connectivity index (χ1v) is 10.5. The number of ether oxygens (including phenoxy) is 2. The summed E-state index contributed by atoms with van der Waals surface area (Å²) in [6.45, 7) is 6.29. The molecule has 0 bridgehead atoms. The number of hydrogen-bond donors (Lipinski definition) is 0. The van der Waals surface area contributed by atoms with Crippen LogP contribution >= 0.6 is 0 Å². The van der Waals surface area contributed by atoms with Gasteiger partial charge < -0.3 is 9.47 Å². The zero-order valence-corrected chi connectivity index (χ0v) is 16.6. The molecule has 0 aromatic rings. The van der Waals surface area contributed by atoms with E-state index in [-0.39, 0.29) is 23.1 Å². The fourth-order valence-electron chi connectivity index (χ4n) is 6.29. The van der Waals surface area contributed by atoms with Crippen LogP contribution in [-0.2, 0) is 19.1 Å². The number of rotatable bonds is 4. The first kappa shape index (κ1) is 18.5. The second kappa shape index (κ2) is 6.96. The smallest absolute Gasteiger partial charge is 0.307 e. The lowest BCUT2D eigenvalue weighted by molar-refractivity contribution is -0.141. The first-order chi connectivity index (χ1) is 13.0. The van der Waals surface area contributed by atoms with Crippen molar-refractivity contribution in [2.45, 2.75) is 59.3 Å². The van der Waals surface area contributed by atoms with E-state index >= 15 is 0 Å². The second-order valence-corrected chi connectivity index (χ2v) is 8.49. The highest BCUT2D eigenvalue weighted by molar-refractivity contribution is 5.99. The third-order valence-electron chi connectivity index (χ3n) is 7.39. The molecule has 4 rings (SSSR count). The van der Waals surface area contributed by atoms with E-state index in [1.807, 2.05) is 6.92 Å². The number of fused-ring (bicyclic) bond motifs is 5. The molecule has 0 amide bonds.